The van der Waals surface area contributed by atoms with E-state index < -0.39 is 5.91 Å². The Kier molecular flexibility index (Phi) is 8.20. The van der Waals surface area contributed by atoms with Gasteiger partial charge >= 0.3 is 0 Å². The van der Waals surface area contributed by atoms with Crippen LogP contribution in [0.5, 0.6) is 0 Å². The second kappa shape index (κ2) is 7.12. The van der Waals surface area contributed by atoms with Crippen molar-refractivity contribution in [3.05, 3.63) is 11.3 Å². The molecule has 0 saturated heterocycles. The van der Waals surface area contributed by atoms with Crippen LogP contribution in [0.25, 0.3) is 0 Å². The lowest BCUT2D eigenvalue weighted by Gasteiger charge is -1.98. The third-order valence-electron chi connectivity index (χ3n) is 1.23. The molecule has 0 rings (SSSR count). The van der Waals surface area contributed by atoms with Crippen molar-refractivity contribution in [1.82, 2.24) is 0 Å². The Balaban J connectivity index is 0. The molecule has 3 heteroatoms. The molecule has 1 amide bonds. The Bertz CT molecular complexity index is 150. The highest BCUT2D eigenvalue weighted by Gasteiger charge is 2.00. The number of hydrogen-bond donors (Lipinski definition) is 2. The summed E-state index contributed by atoms with van der Waals surface area (Å²) < 4.78 is 0. The lowest BCUT2D eigenvalue weighted by molar-refractivity contribution is -0.114. The molecule has 11 heavy (non-hydrogen) atoms. The average molecular weight is 158 g/mol. The molecule has 4 N–H and O–H groups in total. The highest BCUT2D eigenvalue weighted by Crippen LogP contribution is 1.99. The van der Waals surface area contributed by atoms with Gasteiger partial charge in [-0.1, -0.05) is 20.8 Å². The van der Waals surface area contributed by atoms with Crippen LogP contribution in [-0.4, -0.2) is 5.91 Å². The first-order valence-electron chi connectivity index (χ1n) is 3.84. The summed E-state index contributed by atoms with van der Waals surface area (Å²) in [6.45, 7) is 7.50. The molecule has 0 radical (unpaired) electrons. The number of nitrogens with two attached hydrogens (primary N) is 2. The molecule has 0 aromatic heterocycles. The molecule has 0 bridgehead atoms. The third kappa shape index (κ3) is 5.45. The fourth-order valence-corrected chi connectivity index (χ4v) is 0.423. The van der Waals surface area contributed by atoms with Gasteiger partial charge in [0.05, 0.1) is 0 Å². The van der Waals surface area contributed by atoms with Crippen molar-refractivity contribution in [2.75, 3.05) is 0 Å². The van der Waals surface area contributed by atoms with E-state index in [1.54, 1.807) is 6.92 Å². The number of hydrogen-bond acceptors (Lipinski definition) is 2. The number of rotatable bonds is 2. The van der Waals surface area contributed by atoms with Crippen LogP contribution >= 0.6 is 0 Å². The van der Waals surface area contributed by atoms with Crippen LogP contribution in [0.15, 0.2) is 11.3 Å². The van der Waals surface area contributed by atoms with Gasteiger partial charge in [0.1, 0.15) is 0 Å². The van der Waals surface area contributed by atoms with E-state index in [0.29, 0.717) is 17.7 Å². The number of allylic oxidation sites excluding steroid dienone is 1. The SMILES string of the molecule is CC.CC/C(N)=C(\C)C(N)=O. The molecule has 0 heterocycles. The smallest absolute Gasteiger partial charge is 0.246 e. The first-order valence-corrected chi connectivity index (χ1v) is 3.84. The van der Waals surface area contributed by atoms with Gasteiger partial charge in [-0.05, 0) is 13.3 Å². The summed E-state index contributed by atoms with van der Waals surface area (Å²) in [7, 11) is 0. The summed E-state index contributed by atoms with van der Waals surface area (Å²) in [5.41, 5.74) is 11.4. The quantitative estimate of drug-likeness (QED) is 0.592. The van der Waals surface area contributed by atoms with Gasteiger partial charge in [0.2, 0.25) is 5.91 Å². The van der Waals surface area contributed by atoms with Crippen molar-refractivity contribution in [2.45, 2.75) is 34.1 Å². The van der Waals surface area contributed by atoms with Crippen LogP contribution in [0.4, 0.5) is 0 Å². The first kappa shape index (κ1) is 12.7. The maximum Gasteiger partial charge on any atom is 0.246 e. The maximum atomic E-state index is 10.4. The zero-order chi connectivity index (χ0) is 9.44. The lowest BCUT2D eigenvalue weighted by Crippen LogP contribution is -2.16. The van der Waals surface area contributed by atoms with E-state index in [1.807, 2.05) is 20.8 Å². The summed E-state index contributed by atoms with van der Waals surface area (Å²) in [6, 6.07) is 0. The van der Waals surface area contributed by atoms with E-state index >= 15 is 0 Å². The molecule has 0 aromatic carbocycles. The van der Waals surface area contributed by atoms with Crippen molar-refractivity contribution in [3.63, 3.8) is 0 Å². The monoisotopic (exact) mass is 158 g/mol. The van der Waals surface area contributed by atoms with Crippen LogP contribution in [0.1, 0.15) is 34.1 Å². The third-order valence-corrected chi connectivity index (χ3v) is 1.23. The summed E-state index contributed by atoms with van der Waals surface area (Å²) >= 11 is 0. The van der Waals surface area contributed by atoms with Crippen molar-refractivity contribution < 1.29 is 4.79 Å². The highest BCUT2D eigenvalue weighted by atomic mass is 16.1. The standard InChI is InChI=1S/C6H12N2O.C2H6/c1-3-5(7)4(2)6(8)9;1-2/h3,7H2,1-2H3,(H2,8,9);1-2H3/b5-4-;. The minimum absolute atomic E-state index is 0.436. The number of carbonyl (C=O) groups excluding carboxylic acids is 1. The van der Waals surface area contributed by atoms with E-state index in [9.17, 15) is 4.79 Å². The Labute approximate surface area is 68.5 Å². The number of carbonyl (C=O) groups is 1. The zero-order valence-corrected chi connectivity index (χ0v) is 7.77. The molecule has 0 atom stereocenters. The van der Waals surface area contributed by atoms with Gasteiger partial charge < -0.3 is 11.5 Å². The van der Waals surface area contributed by atoms with Gasteiger partial charge in [-0.25, -0.2) is 0 Å². The van der Waals surface area contributed by atoms with Crippen molar-refractivity contribution in [3.8, 4) is 0 Å². The van der Waals surface area contributed by atoms with Crippen LogP contribution in [0.3, 0.4) is 0 Å². The lowest BCUT2D eigenvalue weighted by atomic mass is 10.2. The summed E-state index contributed by atoms with van der Waals surface area (Å²) in [5, 5.41) is 0. The maximum absolute atomic E-state index is 10.4. The van der Waals surface area contributed by atoms with E-state index in [4.69, 9.17) is 11.5 Å². The zero-order valence-electron chi connectivity index (χ0n) is 7.77. The molecular formula is C8H18N2O. The summed E-state index contributed by atoms with van der Waals surface area (Å²) in [4.78, 5) is 10.4. The van der Waals surface area contributed by atoms with Crippen LogP contribution < -0.4 is 11.5 Å². The highest BCUT2D eigenvalue weighted by molar-refractivity contribution is 5.91. The van der Waals surface area contributed by atoms with Crippen LogP contribution in [-0.2, 0) is 4.79 Å². The van der Waals surface area contributed by atoms with Crippen molar-refractivity contribution in [2.24, 2.45) is 11.5 Å². The molecule has 0 aromatic rings. The Morgan fingerprint density at radius 1 is 1.27 bits per heavy atom. The van der Waals surface area contributed by atoms with Gasteiger partial charge in [-0.2, -0.15) is 0 Å². The minimum Gasteiger partial charge on any atom is -0.402 e. The van der Waals surface area contributed by atoms with Gasteiger partial charge in [0.15, 0.2) is 0 Å². The first-order chi connectivity index (χ1) is 5.09. The Hall–Kier alpha value is -0.990. The van der Waals surface area contributed by atoms with Gasteiger partial charge in [-0.3, -0.25) is 4.79 Å². The van der Waals surface area contributed by atoms with Gasteiger partial charge in [-0.15, -0.1) is 0 Å². The molecule has 0 saturated carbocycles. The van der Waals surface area contributed by atoms with E-state index in [0.717, 1.165) is 0 Å². The van der Waals surface area contributed by atoms with Gasteiger partial charge in [0, 0.05) is 11.3 Å². The fourth-order valence-electron chi connectivity index (χ4n) is 0.423. The number of amides is 1. The normalized spacial score (nSPS) is 10.9. The molecule has 66 valence electrons. The fraction of sp³-hybridized carbons (Fsp3) is 0.625. The molecule has 0 fully saturated rings. The second-order valence-corrected chi connectivity index (χ2v) is 1.87. The largest absolute Gasteiger partial charge is 0.402 e. The molecule has 0 aliphatic carbocycles. The predicted octanol–water partition coefficient (Wildman–Crippen LogP) is 1.14. The average Bonchev–Trinajstić information content (AvgIpc) is 2.05. The van der Waals surface area contributed by atoms with E-state index in [1.165, 1.54) is 0 Å². The molecule has 3 nitrogen and oxygen atoms in total. The van der Waals surface area contributed by atoms with Crippen molar-refractivity contribution in [1.29, 1.82) is 0 Å². The predicted molar refractivity (Wildman–Crippen MR) is 47.7 cm³/mol. The van der Waals surface area contributed by atoms with Gasteiger partial charge in [0.25, 0.3) is 0 Å². The van der Waals surface area contributed by atoms with Crippen LogP contribution in [0, 0.1) is 0 Å². The Morgan fingerprint density at radius 3 is 1.73 bits per heavy atom. The molecule has 0 aliphatic heterocycles. The second-order valence-electron chi connectivity index (χ2n) is 1.87. The molecular weight excluding hydrogens is 140 g/mol. The summed E-state index contributed by atoms with van der Waals surface area (Å²) in [6.07, 6.45) is 0.675. The molecule has 0 unspecified atom stereocenters. The topological polar surface area (TPSA) is 69.1 Å². The minimum atomic E-state index is -0.436. The van der Waals surface area contributed by atoms with E-state index in [2.05, 4.69) is 0 Å². The molecule has 0 spiro atoms. The number of primary amides is 1. The summed E-state index contributed by atoms with van der Waals surface area (Å²) in [5.74, 6) is -0.436. The van der Waals surface area contributed by atoms with Crippen LogP contribution in [0.2, 0.25) is 0 Å². The Morgan fingerprint density at radius 2 is 1.64 bits per heavy atom. The molecule has 0 aliphatic rings. The van der Waals surface area contributed by atoms with E-state index in [-0.39, 0.29) is 0 Å². The van der Waals surface area contributed by atoms with Crippen molar-refractivity contribution >= 4 is 5.91 Å².